The Hall–Kier alpha value is -1.16. The molecule has 2 N–H and O–H groups in total. The lowest BCUT2D eigenvalue weighted by Gasteiger charge is -2.08. The van der Waals surface area contributed by atoms with E-state index in [2.05, 4.69) is 4.98 Å². The molecule has 0 bridgehead atoms. The summed E-state index contributed by atoms with van der Waals surface area (Å²) in [6.07, 6.45) is 4.52. The SMILES string of the molecule is CCC(=O)[C@@H](N)Cc1cncn1C. The lowest BCUT2D eigenvalue weighted by Crippen LogP contribution is -2.32. The van der Waals surface area contributed by atoms with Gasteiger partial charge in [0, 0.05) is 31.8 Å². The molecule has 0 amide bonds. The number of nitrogens with zero attached hydrogens (tertiary/aromatic N) is 2. The van der Waals surface area contributed by atoms with E-state index in [9.17, 15) is 4.79 Å². The minimum atomic E-state index is -0.389. The second kappa shape index (κ2) is 4.18. The summed E-state index contributed by atoms with van der Waals surface area (Å²) in [6.45, 7) is 1.82. The van der Waals surface area contributed by atoms with Crippen molar-refractivity contribution in [3.8, 4) is 0 Å². The van der Waals surface area contributed by atoms with Crippen LogP contribution in [0.15, 0.2) is 12.5 Å². The third kappa shape index (κ3) is 2.39. The molecule has 1 atom stereocenters. The van der Waals surface area contributed by atoms with E-state index in [1.54, 1.807) is 12.5 Å². The molecule has 0 aliphatic heterocycles. The van der Waals surface area contributed by atoms with Gasteiger partial charge in [-0.25, -0.2) is 4.98 Å². The van der Waals surface area contributed by atoms with Crippen molar-refractivity contribution in [3.63, 3.8) is 0 Å². The van der Waals surface area contributed by atoms with Gasteiger partial charge in [-0.3, -0.25) is 4.79 Å². The quantitative estimate of drug-likeness (QED) is 0.725. The van der Waals surface area contributed by atoms with Crippen LogP contribution in [0.1, 0.15) is 19.0 Å². The standard InChI is InChI=1S/C9H15N3O/c1-3-9(13)8(10)4-7-5-11-6-12(7)2/h5-6,8H,3-4,10H2,1-2H3/t8-/m0/s1. The highest BCUT2D eigenvalue weighted by atomic mass is 16.1. The third-order valence-electron chi connectivity index (χ3n) is 2.11. The van der Waals surface area contributed by atoms with Crippen LogP contribution in [0.5, 0.6) is 0 Å². The summed E-state index contributed by atoms with van der Waals surface area (Å²) in [6, 6.07) is -0.389. The highest BCUT2D eigenvalue weighted by Gasteiger charge is 2.13. The van der Waals surface area contributed by atoms with Crippen LogP contribution >= 0.6 is 0 Å². The molecular weight excluding hydrogens is 166 g/mol. The smallest absolute Gasteiger partial charge is 0.149 e. The Morgan fingerprint density at radius 2 is 2.46 bits per heavy atom. The molecule has 0 unspecified atom stereocenters. The predicted octanol–water partition coefficient (Wildman–Crippen LogP) is 0.269. The van der Waals surface area contributed by atoms with Crippen LogP contribution < -0.4 is 5.73 Å². The molecule has 1 heterocycles. The van der Waals surface area contributed by atoms with Crippen molar-refractivity contribution in [1.29, 1.82) is 0 Å². The Morgan fingerprint density at radius 1 is 1.77 bits per heavy atom. The van der Waals surface area contributed by atoms with Gasteiger partial charge in [-0.2, -0.15) is 0 Å². The summed E-state index contributed by atoms with van der Waals surface area (Å²) in [4.78, 5) is 15.2. The number of imidazole rings is 1. The second-order valence-electron chi connectivity index (χ2n) is 3.13. The van der Waals surface area contributed by atoms with Crippen LogP contribution in [-0.2, 0) is 18.3 Å². The summed E-state index contributed by atoms with van der Waals surface area (Å²) in [5, 5.41) is 0. The second-order valence-corrected chi connectivity index (χ2v) is 3.13. The number of nitrogens with two attached hydrogens (primary N) is 1. The molecule has 0 saturated heterocycles. The summed E-state index contributed by atoms with van der Waals surface area (Å²) >= 11 is 0. The van der Waals surface area contributed by atoms with Crippen molar-refractivity contribution in [2.45, 2.75) is 25.8 Å². The Balaban J connectivity index is 2.59. The molecule has 72 valence electrons. The van der Waals surface area contributed by atoms with Gasteiger partial charge in [0.15, 0.2) is 0 Å². The average molecular weight is 181 g/mol. The van der Waals surface area contributed by atoms with Crippen LogP contribution in [0.25, 0.3) is 0 Å². The molecule has 0 spiro atoms. The molecule has 4 heteroatoms. The van der Waals surface area contributed by atoms with Gasteiger partial charge in [0.05, 0.1) is 12.4 Å². The maximum atomic E-state index is 11.2. The Morgan fingerprint density at radius 3 is 2.92 bits per heavy atom. The number of hydrogen-bond acceptors (Lipinski definition) is 3. The molecular formula is C9H15N3O. The lowest BCUT2D eigenvalue weighted by atomic mass is 10.1. The van der Waals surface area contributed by atoms with Crippen molar-refractivity contribution >= 4 is 5.78 Å². The highest BCUT2D eigenvalue weighted by molar-refractivity contribution is 5.83. The molecule has 0 radical (unpaired) electrons. The van der Waals surface area contributed by atoms with Crippen molar-refractivity contribution in [1.82, 2.24) is 9.55 Å². The molecule has 4 nitrogen and oxygen atoms in total. The molecule has 1 aromatic heterocycles. The first-order chi connectivity index (χ1) is 6.15. The summed E-state index contributed by atoms with van der Waals surface area (Å²) in [5.74, 6) is 0.0983. The van der Waals surface area contributed by atoms with Gasteiger partial charge < -0.3 is 10.3 Å². The van der Waals surface area contributed by atoms with Crippen molar-refractivity contribution < 1.29 is 4.79 Å². The number of hydrogen-bond donors (Lipinski definition) is 1. The number of ketones is 1. The Labute approximate surface area is 77.8 Å². The number of aryl methyl sites for hydroxylation is 1. The van der Waals surface area contributed by atoms with Crippen LogP contribution in [0, 0.1) is 0 Å². The van der Waals surface area contributed by atoms with Crippen LogP contribution in [-0.4, -0.2) is 21.4 Å². The van der Waals surface area contributed by atoms with Gasteiger partial charge >= 0.3 is 0 Å². The van der Waals surface area contributed by atoms with Crippen LogP contribution in [0.3, 0.4) is 0 Å². The first-order valence-corrected chi connectivity index (χ1v) is 4.38. The maximum absolute atomic E-state index is 11.2. The van der Waals surface area contributed by atoms with Crippen molar-refractivity contribution in [2.75, 3.05) is 0 Å². The highest BCUT2D eigenvalue weighted by Crippen LogP contribution is 2.01. The topological polar surface area (TPSA) is 60.9 Å². The minimum Gasteiger partial charge on any atom is -0.338 e. The number of Topliss-reactive ketones (excluding diaryl/α,β-unsaturated/α-hetero) is 1. The molecule has 13 heavy (non-hydrogen) atoms. The summed E-state index contributed by atoms with van der Waals surface area (Å²) in [5.41, 5.74) is 6.69. The van der Waals surface area contributed by atoms with Gasteiger partial charge in [0.2, 0.25) is 0 Å². The van der Waals surface area contributed by atoms with Crippen LogP contribution in [0.4, 0.5) is 0 Å². The van der Waals surface area contributed by atoms with E-state index in [4.69, 9.17) is 5.73 Å². The minimum absolute atomic E-state index is 0.0983. The zero-order valence-corrected chi connectivity index (χ0v) is 8.03. The van der Waals surface area contributed by atoms with Crippen molar-refractivity contribution in [3.05, 3.63) is 18.2 Å². The van der Waals surface area contributed by atoms with E-state index in [0.29, 0.717) is 12.8 Å². The molecule has 0 aliphatic carbocycles. The van der Waals surface area contributed by atoms with E-state index in [-0.39, 0.29) is 11.8 Å². The molecule has 0 fully saturated rings. The summed E-state index contributed by atoms with van der Waals surface area (Å²) in [7, 11) is 1.89. The fraction of sp³-hybridized carbons (Fsp3) is 0.556. The van der Waals surface area contributed by atoms with E-state index in [0.717, 1.165) is 5.69 Å². The van der Waals surface area contributed by atoms with Gasteiger partial charge in [0.1, 0.15) is 5.78 Å². The van der Waals surface area contributed by atoms with Gasteiger partial charge in [-0.1, -0.05) is 6.92 Å². The fourth-order valence-corrected chi connectivity index (χ4v) is 1.18. The Bertz CT molecular complexity index is 293. The van der Waals surface area contributed by atoms with E-state index >= 15 is 0 Å². The predicted molar refractivity (Wildman–Crippen MR) is 50.2 cm³/mol. The first-order valence-electron chi connectivity index (χ1n) is 4.38. The lowest BCUT2D eigenvalue weighted by molar-refractivity contribution is -0.119. The monoisotopic (exact) mass is 181 g/mol. The zero-order valence-electron chi connectivity index (χ0n) is 8.03. The van der Waals surface area contributed by atoms with E-state index in [1.165, 1.54) is 0 Å². The number of carbonyl (C=O) groups excluding carboxylic acids is 1. The zero-order chi connectivity index (χ0) is 9.84. The van der Waals surface area contributed by atoms with Gasteiger partial charge in [0.25, 0.3) is 0 Å². The van der Waals surface area contributed by atoms with E-state index < -0.39 is 0 Å². The Kier molecular flexibility index (Phi) is 3.19. The van der Waals surface area contributed by atoms with Crippen LogP contribution in [0.2, 0.25) is 0 Å². The van der Waals surface area contributed by atoms with E-state index in [1.807, 2.05) is 18.5 Å². The molecule has 1 aromatic rings. The molecule has 0 saturated carbocycles. The van der Waals surface area contributed by atoms with Crippen molar-refractivity contribution in [2.24, 2.45) is 12.8 Å². The normalized spacial score (nSPS) is 12.8. The molecule has 1 rings (SSSR count). The van der Waals surface area contributed by atoms with Gasteiger partial charge in [-0.15, -0.1) is 0 Å². The fourth-order valence-electron chi connectivity index (χ4n) is 1.18. The summed E-state index contributed by atoms with van der Waals surface area (Å²) < 4.78 is 1.88. The largest absolute Gasteiger partial charge is 0.338 e. The molecule has 0 aromatic carbocycles. The van der Waals surface area contributed by atoms with Gasteiger partial charge in [-0.05, 0) is 0 Å². The maximum Gasteiger partial charge on any atom is 0.149 e. The third-order valence-corrected chi connectivity index (χ3v) is 2.11. The molecule has 0 aliphatic rings. The number of rotatable bonds is 4. The first kappa shape index (κ1) is 9.92. The number of carbonyl (C=O) groups is 1. The average Bonchev–Trinajstić information content (AvgIpc) is 2.50. The number of aromatic nitrogens is 2.